The van der Waals surface area contributed by atoms with Crippen LogP contribution in [0.25, 0.3) is 10.9 Å². The smallest absolute Gasteiger partial charge is 0.156 e. The maximum atomic E-state index is 6.16. The number of nitrogens with zero attached hydrogens (tertiary/aromatic N) is 5. The van der Waals surface area contributed by atoms with E-state index < -0.39 is 0 Å². The number of aryl methyl sites for hydroxylation is 1. The van der Waals surface area contributed by atoms with Crippen LogP contribution >= 0.6 is 23.4 Å². The molecule has 180 valence electrons. The topological polar surface area (TPSA) is 57.8 Å². The first-order valence-corrected chi connectivity index (χ1v) is 12.5. The monoisotopic (exact) mass is 497 g/mol. The minimum Gasteiger partial charge on any atom is -0.497 e. The molecule has 0 unspecified atom stereocenters. The number of benzene rings is 2. The Morgan fingerprint density at radius 3 is 2.32 bits per heavy atom. The second-order valence-electron chi connectivity index (χ2n) is 10.3. The largest absolute Gasteiger partial charge is 0.497 e. The van der Waals surface area contributed by atoms with Crippen molar-refractivity contribution in [2.24, 2.45) is 7.05 Å². The van der Waals surface area contributed by atoms with Gasteiger partial charge in [0.1, 0.15) is 5.75 Å². The lowest BCUT2D eigenvalue weighted by molar-refractivity contribution is 0.415. The highest BCUT2D eigenvalue weighted by Gasteiger charge is 2.32. The van der Waals surface area contributed by atoms with Crippen LogP contribution in [-0.2, 0) is 25.4 Å². The van der Waals surface area contributed by atoms with Crippen LogP contribution < -0.4 is 4.74 Å². The van der Waals surface area contributed by atoms with Gasteiger partial charge in [0.05, 0.1) is 7.11 Å². The lowest BCUT2D eigenvalue weighted by Crippen LogP contribution is -2.27. The van der Waals surface area contributed by atoms with Crippen LogP contribution in [0.3, 0.4) is 0 Å². The highest BCUT2D eigenvalue weighted by Crippen LogP contribution is 2.44. The van der Waals surface area contributed by atoms with Gasteiger partial charge < -0.3 is 9.30 Å². The highest BCUT2D eigenvalue weighted by molar-refractivity contribution is 8.00. The minimum atomic E-state index is -0.276. The molecule has 4 aromatic rings. The van der Waals surface area contributed by atoms with Gasteiger partial charge in [-0.05, 0) is 46.3 Å². The van der Waals surface area contributed by atoms with Gasteiger partial charge in [-0.15, -0.1) is 16.9 Å². The van der Waals surface area contributed by atoms with E-state index in [4.69, 9.17) is 16.3 Å². The summed E-state index contributed by atoms with van der Waals surface area (Å²) in [7, 11) is 3.61. The average molecular weight is 498 g/mol. The first kappa shape index (κ1) is 24.6. The van der Waals surface area contributed by atoms with Gasteiger partial charge in [-0.25, -0.2) is 4.68 Å². The van der Waals surface area contributed by atoms with Crippen molar-refractivity contribution in [1.82, 2.24) is 24.8 Å². The van der Waals surface area contributed by atoms with Gasteiger partial charge in [-0.1, -0.05) is 58.4 Å². The summed E-state index contributed by atoms with van der Waals surface area (Å²) >= 11 is 8.06. The number of fused-ring (bicyclic) bond motifs is 1. The summed E-state index contributed by atoms with van der Waals surface area (Å²) in [5, 5.41) is 14.3. The van der Waals surface area contributed by atoms with Crippen LogP contribution in [0.1, 0.15) is 51.7 Å². The molecule has 0 spiro atoms. The van der Waals surface area contributed by atoms with Gasteiger partial charge in [0, 0.05) is 56.7 Å². The first-order valence-electron chi connectivity index (χ1n) is 11.3. The van der Waals surface area contributed by atoms with Gasteiger partial charge >= 0.3 is 0 Å². The maximum absolute atomic E-state index is 6.16. The van der Waals surface area contributed by atoms with E-state index in [1.165, 1.54) is 27.1 Å². The van der Waals surface area contributed by atoms with Crippen LogP contribution in [0.15, 0.2) is 47.4 Å². The fraction of sp³-hybridized carbons (Fsp3) is 0.423. The highest BCUT2D eigenvalue weighted by atomic mass is 35.5. The van der Waals surface area contributed by atoms with Crippen LogP contribution in [0.4, 0.5) is 0 Å². The molecule has 0 bridgehead atoms. The molecule has 0 fully saturated rings. The molecule has 0 atom stereocenters. The number of tetrazole rings is 1. The van der Waals surface area contributed by atoms with E-state index in [1.54, 1.807) is 11.8 Å². The van der Waals surface area contributed by atoms with Gasteiger partial charge in [0.15, 0.2) is 5.82 Å². The average Bonchev–Trinajstić information content (AvgIpc) is 3.31. The molecule has 0 saturated heterocycles. The van der Waals surface area contributed by atoms with Crippen molar-refractivity contribution in [3.8, 4) is 5.75 Å². The van der Waals surface area contributed by atoms with E-state index >= 15 is 0 Å². The molecule has 0 saturated carbocycles. The van der Waals surface area contributed by atoms with Crippen molar-refractivity contribution in [1.29, 1.82) is 0 Å². The van der Waals surface area contributed by atoms with Crippen LogP contribution in [0.5, 0.6) is 5.75 Å². The quantitative estimate of drug-likeness (QED) is 0.281. The molecule has 0 aliphatic carbocycles. The van der Waals surface area contributed by atoms with Crippen molar-refractivity contribution in [2.45, 2.75) is 62.6 Å². The molecule has 0 N–H and O–H groups in total. The summed E-state index contributed by atoms with van der Waals surface area (Å²) < 4.78 is 9.83. The van der Waals surface area contributed by atoms with E-state index in [1.807, 2.05) is 37.0 Å². The SMILES string of the molecule is COc1ccc2c(c1)c(SC(C)(C)C)c(CC(C)(C)c1nnnn1C)n2Cc1ccc(Cl)cc1. The molecule has 6 nitrogen and oxygen atoms in total. The number of ether oxygens (including phenoxy) is 1. The number of hydrogen-bond donors (Lipinski definition) is 0. The molecule has 0 aliphatic heterocycles. The zero-order valence-electron chi connectivity index (χ0n) is 20.9. The third-order valence-corrected chi connectivity index (χ3v) is 7.35. The summed E-state index contributed by atoms with van der Waals surface area (Å²) in [6.07, 6.45) is 0.782. The van der Waals surface area contributed by atoms with Crippen molar-refractivity contribution < 1.29 is 4.74 Å². The second-order valence-corrected chi connectivity index (χ2v) is 12.5. The Balaban J connectivity index is 1.94. The first-order chi connectivity index (χ1) is 16.0. The number of rotatable bonds is 7. The number of aromatic nitrogens is 5. The second kappa shape index (κ2) is 9.27. The Labute approximate surface area is 210 Å². The van der Waals surface area contributed by atoms with Crippen LogP contribution in [0, 0.1) is 0 Å². The third-order valence-electron chi connectivity index (χ3n) is 5.82. The number of hydrogen-bond acceptors (Lipinski definition) is 5. The minimum absolute atomic E-state index is 0.0354. The molecule has 4 rings (SSSR count). The fourth-order valence-corrected chi connectivity index (χ4v) is 5.64. The Hall–Kier alpha value is -2.51. The summed E-state index contributed by atoms with van der Waals surface area (Å²) in [6.45, 7) is 11.9. The fourth-order valence-electron chi connectivity index (χ4n) is 4.33. The molecule has 2 heterocycles. The summed E-state index contributed by atoms with van der Waals surface area (Å²) in [6, 6.07) is 14.4. The van der Waals surface area contributed by atoms with Crippen molar-refractivity contribution in [2.75, 3.05) is 7.11 Å². The standard InChI is InChI=1S/C26H32ClN5OS/c1-25(2,3)34-23-20-14-19(33-7)12-13-21(20)32(16-17-8-10-18(27)11-9-17)22(23)15-26(4,5)24-28-29-30-31(24)6/h8-14H,15-16H2,1-7H3. The van der Waals surface area contributed by atoms with E-state index in [2.05, 4.69) is 79.0 Å². The Bertz CT molecular complexity index is 1300. The number of methoxy groups -OCH3 is 1. The van der Waals surface area contributed by atoms with E-state index in [0.29, 0.717) is 0 Å². The number of halogens is 1. The van der Waals surface area contributed by atoms with Gasteiger partial charge in [-0.3, -0.25) is 0 Å². The Kier molecular flexibility index (Phi) is 6.71. The van der Waals surface area contributed by atoms with E-state index in [-0.39, 0.29) is 10.2 Å². The molecule has 34 heavy (non-hydrogen) atoms. The van der Waals surface area contributed by atoms with Crippen molar-refractivity contribution in [3.05, 3.63) is 64.6 Å². The van der Waals surface area contributed by atoms with Gasteiger partial charge in [-0.2, -0.15) is 0 Å². The predicted molar refractivity (Wildman–Crippen MR) is 140 cm³/mol. The van der Waals surface area contributed by atoms with Crippen molar-refractivity contribution >= 4 is 34.3 Å². The summed E-state index contributed by atoms with van der Waals surface area (Å²) in [5.74, 6) is 1.72. The lowest BCUT2D eigenvalue weighted by Gasteiger charge is -2.26. The van der Waals surface area contributed by atoms with Crippen LogP contribution in [-0.4, -0.2) is 36.6 Å². The molecule has 8 heteroatoms. The zero-order valence-corrected chi connectivity index (χ0v) is 22.5. The molecule has 0 radical (unpaired) electrons. The number of thioether (sulfide) groups is 1. The normalized spacial score (nSPS) is 12.5. The molecular formula is C26H32ClN5OS. The zero-order chi connectivity index (χ0) is 24.7. The molecule has 2 aromatic heterocycles. The molecule has 0 aliphatic rings. The Morgan fingerprint density at radius 1 is 1.03 bits per heavy atom. The molecular weight excluding hydrogens is 466 g/mol. The Morgan fingerprint density at radius 2 is 1.74 bits per heavy atom. The van der Waals surface area contributed by atoms with Crippen LogP contribution in [0.2, 0.25) is 5.02 Å². The van der Waals surface area contributed by atoms with Gasteiger partial charge in [0.2, 0.25) is 0 Å². The summed E-state index contributed by atoms with van der Waals surface area (Å²) in [4.78, 5) is 1.28. The van der Waals surface area contributed by atoms with E-state index in [9.17, 15) is 0 Å². The predicted octanol–water partition coefficient (Wildman–Crippen LogP) is 6.29. The molecule has 2 aromatic carbocycles. The van der Waals surface area contributed by atoms with Gasteiger partial charge in [0.25, 0.3) is 0 Å². The van der Waals surface area contributed by atoms with Crippen molar-refractivity contribution in [3.63, 3.8) is 0 Å². The lowest BCUT2D eigenvalue weighted by atomic mass is 9.86. The summed E-state index contributed by atoms with van der Waals surface area (Å²) in [5.41, 5.74) is 3.38. The molecule has 0 amide bonds. The third kappa shape index (κ3) is 5.10. The van der Waals surface area contributed by atoms with E-state index in [0.717, 1.165) is 29.6 Å². The maximum Gasteiger partial charge on any atom is 0.156 e.